The fourth-order valence-corrected chi connectivity index (χ4v) is 2.09. The van der Waals surface area contributed by atoms with Gasteiger partial charge in [-0.15, -0.1) is 0 Å². The summed E-state index contributed by atoms with van der Waals surface area (Å²) in [6.07, 6.45) is 4.33. The molecule has 0 aliphatic carbocycles. The zero-order chi connectivity index (χ0) is 6.57. The quantitative estimate of drug-likeness (QED) is 0.549. The highest BCUT2D eigenvalue weighted by molar-refractivity contribution is 8.43. The standard InChI is InChI=1S/C4H14N2S2/c1-7(3-5)8(2)4-6/h3-6H2,1-2H3. The Bertz CT molecular complexity index is 88.2. The molecule has 52 valence electrons. The Labute approximate surface area is 55.2 Å². The lowest BCUT2D eigenvalue weighted by molar-refractivity contribution is 1.39. The Hall–Kier alpha value is 0.620. The summed E-state index contributed by atoms with van der Waals surface area (Å²) >= 11 is 0. The Balaban J connectivity index is 3.83. The second-order valence-corrected chi connectivity index (χ2v) is 7.85. The van der Waals surface area contributed by atoms with Gasteiger partial charge in [0.1, 0.15) is 0 Å². The lowest BCUT2D eigenvalue weighted by Crippen LogP contribution is -2.15. The fraction of sp³-hybridized carbons (Fsp3) is 1.00. The molecule has 2 unspecified atom stereocenters. The maximum absolute atomic E-state index is 5.41. The van der Waals surface area contributed by atoms with Crippen LogP contribution < -0.4 is 11.5 Å². The maximum atomic E-state index is 5.41. The molecule has 0 spiro atoms. The molecular weight excluding hydrogens is 140 g/mol. The zero-order valence-electron chi connectivity index (χ0n) is 5.39. The van der Waals surface area contributed by atoms with Gasteiger partial charge in [-0.2, -0.15) is 18.9 Å². The van der Waals surface area contributed by atoms with Crippen molar-refractivity contribution in [1.82, 2.24) is 0 Å². The minimum absolute atomic E-state index is 0.359. The summed E-state index contributed by atoms with van der Waals surface area (Å²) in [6.45, 7) is 0. The first kappa shape index (κ1) is 8.62. The van der Waals surface area contributed by atoms with Crippen molar-refractivity contribution >= 4 is 18.9 Å². The molecule has 0 aromatic rings. The van der Waals surface area contributed by atoms with E-state index in [9.17, 15) is 0 Å². The van der Waals surface area contributed by atoms with E-state index in [0.29, 0.717) is 18.9 Å². The Morgan fingerprint density at radius 3 is 1.38 bits per heavy atom. The molecule has 0 bridgehead atoms. The molecule has 8 heavy (non-hydrogen) atoms. The average Bonchev–Trinajstić information content (AvgIpc) is 1.84. The van der Waals surface area contributed by atoms with Crippen molar-refractivity contribution in [3.63, 3.8) is 0 Å². The molecule has 0 aromatic heterocycles. The third kappa shape index (κ3) is 2.81. The molecule has 0 aromatic carbocycles. The van der Waals surface area contributed by atoms with Crippen LogP contribution in [-0.2, 0) is 18.9 Å². The molecule has 0 radical (unpaired) electrons. The predicted molar refractivity (Wildman–Crippen MR) is 44.7 cm³/mol. The van der Waals surface area contributed by atoms with Crippen molar-refractivity contribution < 1.29 is 0 Å². The van der Waals surface area contributed by atoms with Gasteiger partial charge in [0.25, 0.3) is 0 Å². The van der Waals surface area contributed by atoms with Gasteiger partial charge in [-0.05, 0) is 12.5 Å². The number of nitrogens with two attached hydrogens (primary N) is 2. The lowest BCUT2D eigenvalue weighted by Gasteiger charge is -2.03. The van der Waals surface area contributed by atoms with E-state index in [1.807, 2.05) is 0 Å². The molecule has 4 N–H and O–H groups in total. The molecule has 0 saturated carbocycles. The highest BCUT2D eigenvalue weighted by Crippen LogP contribution is 1.81. The van der Waals surface area contributed by atoms with E-state index in [1.165, 1.54) is 0 Å². The molecule has 2 nitrogen and oxygen atoms in total. The largest absolute Gasteiger partial charge is 0.322 e. The van der Waals surface area contributed by atoms with Crippen LogP contribution in [0.25, 0.3) is 0 Å². The van der Waals surface area contributed by atoms with E-state index < -0.39 is 0 Å². The second kappa shape index (κ2) is 4.49. The molecule has 0 heterocycles. The van der Waals surface area contributed by atoms with Gasteiger partial charge in [0.05, 0.1) is 0 Å². The lowest BCUT2D eigenvalue weighted by atomic mass is 11.5. The first-order valence-electron chi connectivity index (χ1n) is 2.38. The fourth-order valence-electron chi connectivity index (χ4n) is 0.232. The van der Waals surface area contributed by atoms with Gasteiger partial charge < -0.3 is 11.5 Å². The van der Waals surface area contributed by atoms with E-state index in [4.69, 9.17) is 11.5 Å². The molecule has 0 fully saturated rings. The number of hydrogen-bond donors (Lipinski definition) is 2. The Morgan fingerprint density at radius 1 is 1.00 bits per heavy atom. The van der Waals surface area contributed by atoms with Gasteiger partial charge in [0.2, 0.25) is 0 Å². The Kier molecular flexibility index (Phi) is 4.84. The zero-order valence-corrected chi connectivity index (χ0v) is 7.02. The van der Waals surface area contributed by atoms with Crippen LogP contribution in [0.2, 0.25) is 0 Å². The third-order valence-corrected chi connectivity index (χ3v) is 6.60. The minimum Gasteiger partial charge on any atom is -0.322 e. The Morgan fingerprint density at radius 2 is 1.25 bits per heavy atom. The molecular formula is C4H14N2S2. The number of hydrogen-bond acceptors (Lipinski definition) is 2. The monoisotopic (exact) mass is 154 g/mol. The number of rotatable bonds is 2. The summed E-state index contributed by atoms with van der Waals surface area (Å²) < 4.78 is 0. The van der Waals surface area contributed by atoms with E-state index >= 15 is 0 Å². The van der Waals surface area contributed by atoms with E-state index in [0.717, 1.165) is 11.8 Å². The van der Waals surface area contributed by atoms with Crippen LogP contribution >= 0.6 is 0 Å². The summed E-state index contributed by atoms with van der Waals surface area (Å²) in [5, 5.41) is 0. The maximum Gasteiger partial charge on any atom is 0.0389 e. The average molecular weight is 154 g/mol. The van der Waals surface area contributed by atoms with Crippen LogP contribution in [0.3, 0.4) is 0 Å². The van der Waals surface area contributed by atoms with E-state index in [-0.39, 0.29) is 0 Å². The van der Waals surface area contributed by atoms with Crippen LogP contribution in [0.5, 0.6) is 0 Å². The molecule has 0 aliphatic heterocycles. The van der Waals surface area contributed by atoms with Gasteiger partial charge in [-0.3, -0.25) is 0 Å². The highest BCUT2D eigenvalue weighted by Gasteiger charge is 1.85. The van der Waals surface area contributed by atoms with Gasteiger partial charge in [-0.1, -0.05) is 0 Å². The van der Waals surface area contributed by atoms with Crippen LogP contribution in [0.15, 0.2) is 0 Å². The van der Waals surface area contributed by atoms with Gasteiger partial charge in [-0.25, -0.2) is 0 Å². The van der Waals surface area contributed by atoms with Gasteiger partial charge in [0, 0.05) is 11.8 Å². The van der Waals surface area contributed by atoms with Crippen LogP contribution in [0.4, 0.5) is 0 Å². The second-order valence-electron chi connectivity index (χ2n) is 1.48. The first-order valence-corrected chi connectivity index (χ1v) is 6.50. The van der Waals surface area contributed by atoms with Crippen LogP contribution in [0.1, 0.15) is 0 Å². The van der Waals surface area contributed by atoms with Gasteiger partial charge in [0.15, 0.2) is 0 Å². The summed E-state index contributed by atoms with van der Waals surface area (Å²) in [5.41, 5.74) is 10.8. The topological polar surface area (TPSA) is 52.0 Å². The summed E-state index contributed by atoms with van der Waals surface area (Å²) in [6, 6.07) is 0. The smallest absolute Gasteiger partial charge is 0.0389 e. The molecule has 4 heteroatoms. The van der Waals surface area contributed by atoms with Crippen molar-refractivity contribution in [2.75, 3.05) is 24.3 Å². The van der Waals surface area contributed by atoms with Crippen LogP contribution in [-0.4, -0.2) is 24.3 Å². The SMILES string of the molecule is C/S(CN)=S(/C)CN. The predicted octanol–water partition coefficient (Wildman–Crippen LogP) is -0.770. The molecule has 0 saturated heterocycles. The minimum atomic E-state index is 0.359. The van der Waals surface area contributed by atoms with Crippen molar-refractivity contribution in [3.05, 3.63) is 0 Å². The van der Waals surface area contributed by atoms with Crippen molar-refractivity contribution in [2.45, 2.75) is 0 Å². The van der Waals surface area contributed by atoms with Crippen LogP contribution in [0, 0.1) is 0 Å². The summed E-state index contributed by atoms with van der Waals surface area (Å²) in [5.74, 6) is 1.58. The van der Waals surface area contributed by atoms with Gasteiger partial charge >= 0.3 is 0 Å². The molecule has 2 atom stereocenters. The third-order valence-electron chi connectivity index (χ3n) is 0.955. The molecule has 0 amide bonds. The normalized spacial score (nSPS) is 18.0. The van der Waals surface area contributed by atoms with Crippen molar-refractivity contribution in [2.24, 2.45) is 11.5 Å². The van der Waals surface area contributed by atoms with Crippen molar-refractivity contribution in [3.8, 4) is 0 Å². The van der Waals surface area contributed by atoms with Crippen molar-refractivity contribution in [1.29, 1.82) is 0 Å². The molecule has 0 rings (SSSR count). The summed E-state index contributed by atoms with van der Waals surface area (Å²) in [7, 11) is 0.718. The highest BCUT2D eigenvalue weighted by atomic mass is 32.9. The molecule has 0 aliphatic rings. The van der Waals surface area contributed by atoms with E-state index in [2.05, 4.69) is 12.5 Å². The van der Waals surface area contributed by atoms with E-state index in [1.54, 1.807) is 0 Å². The summed E-state index contributed by atoms with van der Waals surface area (Å²) in [4.78, 5) is 0. The first-order chi connectivity index (χ1) is 3.72.